The van der Waals surface area contributed by atoms with Crippen LogP contribution in [0.3, 0.4) is 0 Å². The predicted octanol–water partition coefficient (Wildman–Crippen LogP) is 2.87. The molecule has 1 N–H and O–H groups in total. The van der Waals surface area contributed by atoms with Crippen molar-refractivity contribution in [2.24, 2.45) is 0 Å². The van der Waals surface area contributed by atoms with Gasteiger partial charge >= 0.3 is 0 Å². The van der Waals surface area contributed by atoms with Gasteiger partial charge in [0.1, 0.15) is 5.82 Å². The summed E-state index contributed by atoms with van der Waals surface area (Å²) in [6.07, 6.45) is 0.586. The van der Waals surface area contributed by atoms with E-state index < -0.39 is 21.9 Å². The third kappa shape index (κ3) is 5.04. The first-order valence-electron chi connectivity index (χ1n) is 8.40. The minimum absolute atomic E-state index is 0.0649. The van der Waals surface area contributed by atoms with E-state index in [2.05, 4.69) is 5.32 Å². The van der Waals surface area contributed by atoms with Crippen LogP contribution >= 0.6 is 11.6 Å². The van der Waals surface area contributed by atoms with Crippen LogP contribution in [-0.4, -0.2) is 42.6 Å². The zero-order chi connectivity index (χ0) is 19.4. The van der Waals surface area contributed by atoms with Gasteiger partial charge in [0.2, 0.25) is 5.91 Å². The molecular weight excluding hydrogens is 393 g/mol. The fourth-order valence-electron chi connectivity index (χ4n) is 2.87. The Morgan fingerprint density at radius 1 is 1.11 bits per heavy atom. The van der Waals surface area contributed by atoms with Crippen molar-refractivity contribution in [2.75, 3.05) is 25.0 Å². The maximum Gasteiger partial charge on any atom is 0.282 e. The fraction of sp³-hybridized carbons (Fsp3) is 0.278. The lowest BCUT2D eigenvalue weighted by Gasteiger charge is -2.34. The molecule has 0 radical (unpaired) electrons. The Kier molecular flexibility index (Phi) is 6.11. The molecule has 1 amide bonds. The second-order valence-corrected chi connectivity index (χ2v) is 8.58. The van der Waals surface area contributed by atoms with Gasteiger partial charge in [0.15, 0.2) is 0 Å². The topological polar surface area (TPSA) is 69.7 Å². The van der Waals surface area contributed by atoms with E-state index in [9.17, 15) is 17.6 Å². The SMILES string of the molecule is O=C(CN1CCCN(Cc2cccc(F)c2)S1(=O)=O)Nc1ccc(Cl)cc1. The quantitative estimate of drug-likeness (QED) is 0.822. The number of nitrogens with zero attached hydrogens (tertiary/aromatic N) is 2. The normalized spacial score (nSPS) is 17.6. The number of hydrogen-bond acceptors (Lipinski definition) is 3. The number of rotatable bonds is 5. The van der Waals surface area contributed by atoms with Crippen molar-refractivity contribution >= 4 is 33.4 Å². The molecule has 1 heterocycles. The second kappa shape index (κ2) is 8.35. The number of carbonyl (C=O) groups is 1. The molecule has 0 bridgehead atoms. The maximum absolute atomic E-state index is 13.4. The van der Waals surface area contributed by atoms with Gasteiger partial charge in [0, 0.05) is 30.3 Å². The molecule has 2 aromatic rings. The van der Waals surface area contributed by atoms with Gasteiger partial charge in [-0.2, -0.15) is 17.0 Å². The molecule has 1 aliphatic rings. The molecule has 6 nitrogen and oxygen atoms in total. The zero-order valence-corrected chi connectivity index (χ0v) is 16.0. The number of benzene rings is 2. The highest BCUT2D eigenvalue weighted by atomic mass is 35.5. The largest absolute Gasteiger partial charge is 0.325 e. The van der Waals surface area contributed by atoms with Gasteiger partial charge in [0.05, 0.1) is 6.54 Å². The summed E-state index contributed by atoms with van der Waals surface area (Å²) in [5, 5.41) is 3.20. The molecule has 144 valence electrons. The lowest BCUT2D eigenvalue weighted by atomic mass is 10.2. The molecule has 27 heavy (non-hydrogen) atoms. The van der Waals surface area contributed by atoms with Crippen LogP contribution in [-0.2, 0) is 21.5 Å². The van der Waals surface area contributed by atoms with E-state index in [1.807, 2.05) is 0 Å². The van der Waals surface area contributed by atoms with E-state index in [0.29, 0.717) is 29.2 Å². The minimum Gasteiger partial charge on any atom is -0.325 e. The Morgan fingerprint density at radius 3 is 2.52 bits per heavy atom. The van der Waals surface area contributed by atoms with Gasteiger partial charge in [-0.1, -0.05) is 23.7 Å². The predicted molar refractivity (Wildman–Crippen MR) is 102 cm³/mol. The monoisotopic (exact) mass is 411 g/mol. The molecule has 0 saturated carbocycles. The van der Waals surface area contributed by atoms with E-state index in [0.717, 1.165) is 4.31 Å². The van der Waals surface area contributed by atoms with Crippen molar-refractivity contribution in [1.82, 2.24) is 8.61 Å². The number of carbonyl (C=O) groups excluding carboxylic acids is 1. The maximum atomic E-state index is 13.4. The Hall–Kier alpha value is -2.00. The van der Waals surface area contributed by atoms with Crippen LogP contribution in [0.1, 0.15) is 12.0 Å². The zero-order valence-electron chi connectivity index (χ0n) is 14.4. The van der Waals surface area contributed by atoms with Crippen molar-refractivity contribution in [2.45, 2.75) is 13.0 Å². The average Bonchev–Trinajstić information content (AvgIpc) is 2.61. The van der Waals surface area contributed by atoms with Crippen LogP contribution in [0.4, 0.5) is 10.1 Å². The molecule has 0 aliphatic carbocycles. The summed E-state index contributed by atoms with van der Waals surface area (Å²) >= 11 is 5.80. The first-order chi connectivity index (χ1) is 12.8. The number of amides is 1. The van der Waals surface area contributed by atoms with Gasteiger partial charge in [0.25, 0.3) is 10.2 Å². The lowest BCUT2D eigenvalue weighted by Crippen LogP contribution is -2.51. The summed E-state index contributed by atoms with van der Waals surface area (Å²) in [7, 11) is -3.81. The van der Waals surface area contributed by atoms with E-state index in [1.54, 1.807) is 36.4 Å². The summed E-state index contributed by atoms with van der Waals surface area (Å²) in [5.41, 5.74) is 1.10. The summed E-state index contributed by atoms with van der Waals surface area (Å²) in [6, 6.07) is 12.4. The van der Waals surface area contributed by atoms with Crippen LogP contribution in [0.2, 0.25) is 5.02 Å². The van der Waals surface area contributed by atoms with Crippen LogP contribution in [0.15, 0.2) is 48.5 Å². The highest BCUT2D eigenvalue weighted by Gasteiger charge is 2.34. The first-order valence-corrected chi connectivity index (χ1v) is 10.2. The van der Waals surface area contributed by atoms with E-state index >= 15 is 0 Å². The van der Waals surface area contributed by atoms with Crippen molar-refractivity contribution in [3.05, 3.63) is 64.9 Å². The van der Waals surface area contributed by atoms with Crippen molar-refractivity contribution in [3.8, 4) is 0 Å². The Morgan fingerprint density at radius 2 is 1.81 bits per heavy atom. The third-order valence-electron chi connectivity index (χ3n) is 4.16. The number of halogens is 2. The molecule has 0 aromatic heterocycles. The summed E-state index contributed by atoms with van der Waals surface area (Å²) in [4.78, 5) is 12.2. The molecule has 0 spiro atoms. The van der Waals surface area contributed by atoms with Crippen LogP contribution in [0.5, 0.6) is 0 Å². The molecule has 0 atom stereocenters. The van der Waals surface area contributed by atoms with Gasteiger partial charge in [-0.3, -0.25) is 4.79 Å². The van der Waals surface area contributed by atoms with Crippen LogP contribution in [0.25, 0.3) is 0 Å². The molecule has 3 rings (SSSR count). The van der Waals surface area contributed by atoms with E-state index in [4.69, 9.17) is 11.6 Å². The van der Waals surface area contributed by atoms with Crippen LogP contribution < -0.4 is 5.32 Å². The molecule has 1 aliphatic heterocycles. The van der Waals surface area contributed by atoms with Crippen molar-refractivity contribution in [1.29, 1.82) is 0 Å². The Balaban J connectivity index is 1.66. The van der Waals surface area contributed by atoms with Gasteiger partial charge in [-0.25, -0.2) is 4.39 Å². The number of nitrogens with one attached hydrogen (secondary N) is 1. The lowest BCUT2D eigenvalue weighted by molar-refractivity contribution is -0.116. The molecular formula is C18H19ClFN3O3S. The molecule has 0 unspecified atom stereocenters. The summed E-state index contributed by atoms with van der Waals surface area (Å²) < 4.78 is 41.4. The number of hydrogen-bond donors (Lipinski definition) is 1. The molecule has 2 aromatic carbocycles. The van der Waals surface area contributed by atoms with Gasteiger partial charge < -0.3 is 5.32 Å². The van der Waals surface area contributed by atoms with Gasteiger partial charge in [-0.15, -0.1) is 0 Å². The van der Waals surface area contributed by atoms with E-state index in [1.165, 1.54) is 16.4 Å². The smallest absolute Gasteiger partial charge is 0.282 e. The number of anilines is 1. The minimum atomic E-state index is -3.81. The Labute approximate surface area is 162 Å². The Bertz CT molecular complexity index is 922. The fourth-order valence-corrected chi connectivity index (χ4v) is 4.64. The van der Waals surface area contributed by atoms with Crippen molar-refractivity contribution in [3.63, 3.8) is 0 Å². The highest BCUT2D eigenvalue weighted by molar-refractivity contribution is 7.86. The average molecular weight is 412 g/mol. The molecule has 1 saturated heterocycles. The van der Waals surface area contributed by atoms with Crippen molar-refractivity contribution < 1.29 is 17.6 Å². The molecule has 1 fully saturated rings. The van der Waals surface area contributed by atoms with Crippen LogP contribution in [0, 0.1) is 5.82 Å². The third-order valence-corrected chi connectivity index (χ3v) is 6.34. The summed E-state index contributed by atoms with van der Waals surface area (Å²) in [6.45, 7) is 0.365. The molecule has 9 heteroatoms. The second-order valence-electron chi connectivity index (χ2n) is 6.21. The first kappa shape index (κ1) is 19.8. The van der Waals surface area contributed by atoms with Gasteiger partial charge in [-0.05, 0) is 48.4 Å². The summed E-state index contributed by atoms with van der Waals surface area (Å²) in [5.74, 6) is -0.852. The van der Waals surface area contributed by atoms with E-state index in [-0.39, 0.29) is 19.6 Å². The standard InChI is InChI=1S/C18H19ClFN3O3S/c19-15-5-7-17(8-6-15)21-18(24)13-23-10-2-9-22(27(23,25)26)12-14-3-1-4-16(20)11-14/h1,3-8,11H,2,9-10,12-13H2,(H,21,24). The highest BCUT2D eigenvalue weighted by Crippen LogP contribution is 2.20.